The smallest absolute Gasteiger partial charge is 0.259 e. The lowest BCUT2D eigenvalue weighted by molar-refractivity contribution is -0.156. The Morgan fingerprint density at radius 2 is 1.88 bits per heavy atom. The summed E-state index contributed by atoms with van der Waals surface area (Å²) in [5.41, 5.74) is -0.154. The topological polar surface area (TPSA) is 61.9 Å². The maximum Gasteiger partial charge on any atom is 0.259 e. The summed E-state index contributed by atoms with van der Waals surface area (Å²) in [6, 6.07) is 9.53. The molecular weight excluding hydrogens is 318 g/mol. The molecule has 0 spiro atoms. The normalized spacial score (nSPS) is 17.6. The summed E-state index contributed by atoms with van der Waals surface area (Å²) >= 11 is 0. The van der Waals surface area contributed by atoms with Crippen LogP contribution in [0.25, 0.3) is 0 Å². The van der Waals surface area contributed by atoms with Gasteiger partial charge in [-0.05, 0) is 12.5 Å². The number of piperazine rings is 1. The fourth-order valence-corrected chi connectivity index (χ4v) is 2.94. The van der Waals surface area contributed by atoms with Crippen molar-refractivity contribution in [2.45, 2.75) is 12.5 Å². The molecule has 1 unspecified atom stereocenters. The highest BCUT2D eigenvalue weighted by atomic mass is 16.5. The third kappa shape index (κ3) is 4.67. The minimum Gasteiger partial charge on any atom is -0.364 e. The molecule has 1 aromatic carbocycles. The molecule has 1 heterocycles. The van der Waals surface area contributed by atoms with E-state index < -0.39 is 5.60 Å². The number of carbonyl (C=O) groups is 2. The van der Waals surface area contributed by atoms with Crippen molar-refractivity contribution in [1.82, 2.24) is 15.1 Å². The quantitative estimate of drug-likeness (QED) is 0.749. The van der Waals surface area contributed by atoms with E-state index in [4.69, 9.17) is 4.74 Å². The van der Waals surface area contributed by atoms with E-state index in [1.165, 1.54) is 0 Å². The van der Waals surface area contributed by atoms with Crippen LogP contribution in [0.4, 0.5) is 0 Å². The predicted octanol–water partition coefficient (Wildman–Crippen LogP) is 0.995. The number of amides is 2. The molecular formula is C19H27N3O3. The molecule has 1 aliphatic rings. The van der Waals surface area contributed by atoms with Crippen LogP contribution in [-0.2, 0) is 19.9 Å². The largest absolute Gasteiger partial charge is 0.364 e. The Labute approximate surface area is 149 Å². The second kappa shape index (κ2) is 8.78. The van der Waals surface area contributed by atoms with Crippen molar-refractivity contribution < 1.29 is 14.3 Å². The van der Waals surface area contributed by atoms with Gasteiger partial charge >= 0.3 is 0 Å². The van der Waals surface area contributed by atoms with Crippen molar-refractivity contribution in [2.75, 3.05) is 46.4 Å². The van der Waals surface area contributed by atoms with E-state index in [0.29, 0.717) is 39.3 Å². The molecule has 2 amide bonds. The van der Waals surface area contributed by atoms with Crippen molar-refractivity contribution in [3.05, 3.63) is 48.6 Å². The van der Waals surface area contributed by atoms with Crippen molar-refractivity contribution in [3.8, 4) is 0 Å². The van der Waals surface area contributed by atoms with E-state index in [1.54, 1.807) is 20.1 Å². The highest BCUT2D eigenvalue weighted by molar-refractivity contribution is 5.86. The Morgan fingerprint density at radius 3 is 2.44 bits per heavy atom. The number of rotatable bonds is 7. The van der Waals surface area contributed by atoms with Crippen LogP contribution in [0.2, 0.25) is 0 Å². The maximum atomic E-state index is 13.0. The van der Waals surface area contributed by atoms with Crippen molar-refractivity contribution in [1.29, 1.82) is 0 Å². The molecule has 2 rings (SSSR count). The third-order valence-corrected chi connectivity index (χ3v) is 4.61. The number of benzene rings is 1. The minimum atomic E-state index is -0.995. The van der Waals surface area contributed by atoms with Crippen LogP contribution in [0.5, 0.6) is 0 Å². The first kappa shape index (κ1) is 19.1. The van der Waals surface area contributed by atoms with E-state index in [-0.39, 0.29) is 11.8 Å². The van der Waals surface area contributed by atoms with Gasteiger partial charge in [0.05, 0.1) is 6.54 Å². The first-order valence-corrected chi connectivity index (χ1v) is 8.51. The number of nitrogens with one attached hydrogen (secondary N) is 1. The van der Waals surface area contributed by atoms with Crippen LogP contribution in [0, 0.1) is 0 Å². The zero-order chi connectivity index (χ0) is 18.3. The average Bonchev–Trinajstić information content (AvgIpc) is 2.66. The molecule has 1 fully saturated rings. The highest BCUT2D eigenvalue weighted by Gasteiger charge is 2.39. The SMILES string of the molecule is C=CCNC(=O)CN1CCN(C(=O)C(C)(OC)c2ccccc2)CC1. The number of hydrogen-bond acceptors (Lipinski definition) is 4. The highest BCUT2D eigenvalue weighted by Crippen LogP contribution is 2.27. The number of hydrogen-bond donors (Lipinski definition) is 1. The molecule has 1 aromatic rings. The molecule has 25 heavy (non-hydrogen) atoms. The van der Waals surface area contributed by atoms with Gasteiger partial charge in [-0.15, -0.1) is 6.58 Å². The van der Waals surface area contributed by atoms with Gasteiger partial charge in [-0.1, -0.05) is 36.4 Å². The Balaban J connectivity index is 1.94. The molecule has 0 radical (unpaired) electrons. The van der Waals surface area contributed by atoms with Gasteiger partial charge in [-0.2, -0.15) is 0 Å². The average molecular weight is 345 g/mol. The zero-order valence-electron chi connectivity index (χ0n) is 15.0. The zero-order valence-corrected chi connectivity index (χ0v) is 15.0. The molecule has 0 bridgehead atoms. The summed E-state index contributed by atoms with van der Waals surface area (Å²) < 4.78 is 5.60. The molecule has 1 atom stereocenters. The van der Waals surface area contributed by atoms with Gasteiger partial charge in [0.1, 0.15) is 0 Å². The maximum absolute atomic E-state index is 13.0. The first-order valence-electron chi connectivity index (χ1n) is 8.51. The van der Waals surface area contributed by atoms with E-state index >= 15 is 0 Å². The lowest BCUT2D eigenvalue weighted by Gasteiger charge is -2.39. The van der Waals surface area contributed by atoms with Crippen molar-refractivity contribution in [2.24, 2.45) is 0 Å². The summed E-state index contributed by atoms with van der Waals surface area (Å²) in [6.45, 7) is 8.70. The van der Waals surface area contributed by atoms with Crippen LogP contribution >= 0.6 is 0 Å². The van der Waals surface area contributed by atoms with Crippen molar-refractivity contribution >= 4 is 11.8 Å². The van der Waals surface area contributed by atoms with Crippen LogP contribution in [0.15, 0.2) is 43.0 Å². The predicted molar refractivity (Wildman–Crippen MR) is 97.0 cm³/mol. The summed E-state index contributed by atoms with van der Waals surface area (Å²) in [6.07, 6.45) is 1.66. The minimum absolute atomic E-state index is 0.0225. The Morgan fingerprint density at radius 1 is 1.24 bits per heavy atom. The van der Waals surface area contributed by atoms with Gasteiger partial charge in [-0.25, -0.2) is 0 Å². The molecule has 136 valence electrons. The third-order valence-electron chi connectivity index (χ3n) is 4.61. The standard InChI is InChI=1S/C19H27N3O3/c1-4-10-20-17(23)15-21-11-13-22(14-12-21)18(24)19(2,25-3)16-8-6-5-7-9-16/h4-9H,1,10-15H2,2-3H3,(H,20,23). The molecule has 1 N–H and O–H groups in total. The van der Waals surface area contributed by atoms with E-state index in [2.05, 4.69) is 16.8 Å². The van der Waals surface area contributed by atoms with Gasteiger partial charge in [0.25, 0.3) is 5.91 Å². The number of methoxy groups -OCH3 is 1. The summed E-state index contributed by atoms with van der Waals surface area (Å²) in [7, 11) is 1.56. The van der Waals surface area contributed by atoms with Gasteiger partial charge in [0, 0.05) is 39.8 Å². The van der Waals surface area contributed by atoms with E-state index in [9.17, 15) is 9.59 Å². The lowest BCUT2D eigenvalue weighted by atomic mass is 9.93. The Kier molecular flexibility index (Phi) is 6.73. The molecule has 1 aliphatic heterocycles. The molecule has 0 aromatic heterocycles. The number of nitrogens with zero attached hydrogens (tertiary/aromatic N) is 2. The molecule has 0 saturated carbocycles. The van der Waals surface area contributed by atoms with E-state index in [0.717, 1.165) is 5.56 Å². The molecule has 0 aliphatic carbocycles. The van der Waals surface area contributed by atoms with Crippen LogP contribution in [0.3, 0.4) is 0 Å². The summed E-state index contributed by atoms with van der Waals surface area (Å²) in [5, 5.41) is 2.77. The fraction of sp³-hybridized carbons (Fsp3) is 0.474. The van der Waals surface area contributed by atoms with Gasteiger partial charge in [0.15, 0.2) is 5.60 Å². The molecule has 6 heteroatoms. The van der Waals surface area contributed by atoms with Crippen LogP contribution in [0.1, 0.15) is 12.5 Å². The monoisotopic (exact) mass is 345 g/mol. The fourth-order valence-electron chi connectivity index (χ4n) is 2.94. The molecule has 1 saturated heterocycles. The van der Waals surface area contributed by atoms with Crippen molar-refractivity contribution in [3.63, 3.8) is 0 Å². The first-order chi connectivity index (χ1) is 12.0. The Hall–Kier alpha value is -2.18. The summed E-state index contributed by atoms with van der Waals surface area (Å²) in [5.74, 6) is -0.0670. The second-order valence-corrected chi connectivity index (χ2v) is 6.26. The van der Waals surface area contributed by atoms with Crippen LogP contribution in [-0.4, -0.2) is 68.0 Å². The van der Waals surface area contributed by atoms with Gasteiger partial charge in [-0.3, -0.25) is 14.5 Å². The van der Waals surface area contributed by atoms with E-state index in [1.807, 2.05) is 35.2 Å². The van der Waals surface area contributed by atoms with Gasteiger partial charge in [0.2, 0.25) is 5.91 Å². The second-order valence-electron chi connectivity index (χ2n) is 6.26. The van der Waals surface area contributed by atoms with Gasteiger partial charge < -0.3 is 15.0 Å². The summed E-state index contributed by atoms with van der Waals surface area (Å²) in [4.78, 5) is 28.7. The number of carbonyl (C=O) groups excluding carboxylic acids is 2. The lowest BCUT2D eigenvalue weighted by Crippen LogP contribution is -2.55. The molecule has 6 nitrogen and oxygen atoms in total. The number of ether oxygens (including phenoxy) is 1. The van der Waals surface area contributed by atoms with Crippen LogP contribution < -0.4 is 5.32 Å². The Bertz CT molecular complexity index is 597.